The van der Waals surface area contributed by atoms with Crippen LogP contribution < -0.4 is 10.6 Å². The maximum atomic E-state index is 12.5. The van der Waals surface area contributed by atoms with E-state index in [0.717, 1.165) is 25.7 Å². The molecule has 2 saturated carbocycles. The van der Waals surface area contributed by atoms with Crippen LogP contribution in [0.1, 0.15) is 52.9 Å². The smallest absolute Gasteiger partial charge is 0.223 e. The fourth-order valence-corrected chi connectivity index (χ4v) is 5.60. The Hall–Kier alpha value is -1.18. The molecule has 0 spiro atoms. The number of aliphatic hydroxyl groups excluding tert-OH is 1. The van der Waals surface area contributed by atoms with Crippen LogP contribution in [0.25, 0.3) is 0 Å². The maximum Gasteiger partial charge on any atom is 0.223 e. The summed E-state index contributed by atoms with van der Waals surface area (Å²) in [4.78, 5) is 24.8. The molecule has 0 heterocycles. The van der Waals surface area contributed by atoms with Crippen LogP contribution in [0.3, 0.4) is 0 Å². The largest absolute Gasteiger partial charge is 0.392 e. The van der Waals surface area contributed by atoms with E-state index in [2.05, 4.69) is 24.5 Å². The molecule has 3 N–H and O–H groups in total. The van der Waals surface area contributed by atoms with Gasteiger partial charge in [-0.2, -0.15) is 0 Å². The Morgan fingerprint density at radius 3 is 2.48 bits per heavy atom. The molecule has 7 heteroatoms. The summed E-state index contributed by atoms with van der Waals surface area (Å²) in [5, 5.41) is 17.4. The highest BCUT2D eigenvalue weighted by Gasteiger charge is 2.53. The molecule has 0 bridgehead atoms. The van der Waals surface area contributed by atoms with E-state index < -0.39 is 6.10 Å². The molecule has 2 fully saturated rings. The van der Waals surface area contributed by atoms with E-state index in [-0.39, 0.29) is 46.9 Å². The van der Waals surface area contributed by atoms with Crippen molar-refractivity contribution in [2.75, 3.05) is 34.0 Å². The van der Waals surface area contributed by atoms with E-state index in [1.165, 1.54) is 0 Å². The number of ether oxygens (including phenoxy) is 2. The van der Waals surface area contributed by atoms with Crippen molar-refractivity contribution in [1.29, 1.82) is 0 Å². The maximum absolute atomic E-state index is 12.5. The van der Waals surface area contributed by atoms with Crippen molar-refractivity contribution in [1.82, 2.24) is 10.6 Å². The second-order valence-electron chi connectivity index (χ2n) is 9.26. The second-order valence-corrected chi connectivity index (χ2v) is 9.26. The third-order valence-corrected chi connectivity index (χ3v) is 7.43. The summed E-state index contributed by atoms with van der Waals surface area (Å²) >= 11 is 0. The summed E-state index contributed by atoms with van der Waals surface area (Å²) in [7, 11) is 3.20. The van der Waals surface area contributed by atoms with Gasteiger partial charge in [0.05, 0.1) is 19.3 Å². The van der Waals surface area contributed by atoms with Gasteiger partial charge >= 0.3 is 0 Å². The molecule has 0 aromatic heterocycles. The first-order valence-electron chi connectivity index (χ1n) is 11.0. The van der Waals surface area contributed by atoms with Crippen LogP contribution in [-0.4, -0.2) is 63.0 Å². The lowest BCUT2D eigenvalue weighted by atomic mass is 9.51. The zero-order chi connectivity index (χ0) is 21.6. The van der Waals surface area contributed by atoms with Crippen molar-refractivity contribution in [2.24, 2.45) is 29.1 Å². The lowest BCUT2D eigenvalue weighted by Gasteiger charge is -2.56. The molecular weight excluding hydrogens is 372 g/mol. The molecule has 168 valence electrons. The minimum Gasteiger partial charge on any atom is -0.392 e. The number of carbonyl (C=O) groups is 2. The Labute approximate surface area is 175 Å². The topological polar surface area (TPSA) is 96.9 Å². The van der Waals surface area contributed by atoms with Gasteiger partial charge in [0.25, 0.3) is 0 Å². The third-order valence-electron chi connectivity index (χ3n) is 7.43. The SMILES string of the molecule is COCCNC(=O)C(C)[C@@H]1CC[C@@]2(C)CC[C@H](NC(=O)CCOC)[C@@H](C)[C@@H]2[C@H]1O. The third kappa shape index (κ3) is 5.70. The van der Waals surface area contributed by atoms with E-state index in [1.807, 2.05) is 6.92 Å². The minimum atomic E-state index is -0.550. The van der Waals surface area contributed by atoms with Crippen molar-refractivity contribution in [3.63, 3.8) is 0 Å². The Kier molecular flexibility index (Phi) is 8.91. The highest BCUT2D eigenvalue weighted by molar-refractivity contribution is 5.78. The monoisotopic (exact) mass is 412 g/mol. The molecule has 7 nitrogen and oxygen atoms in total. The van der Waals surface area contributed by atoms with Crippen molar-refractivity contribution < 1.29 is 24.2 Å². The summed E-state index contributed by atoms with van der Waals surface area (Å²) in [5.41, 5.74) is 0.0509. The zero-order valence-corrected chi connectivity index (χ0v) is 18.7. The lowest BCUT2D eigenvalue weighted by molar-refractivity contribution is -0.144. The average Bonchev–Trinajstić information content (AvgIpc) is 2.68. The normalized spacial score (nSPS) is 35.4. The predicted molar refractivity (Wildman–Crippen MR) is 111 cm³/mol. The van der Waals surface area contributed by atoms with E-state index >= 15 is 0 Å². The van der Waals surface area contributed by atoms with Crippen LogP contribution in [0.15, 0.2) is 0 Å². The molecule has 7 atom stereocenters. The molecule has 0 aliphatic heterocycles. The summed E-state index contributed by atoms with van der Waals surface area (Å²) < 4.78 is 10.00. The summed E-state index contributed by atoms with van der Waals surface area (Å²) in [6, 6.07) is 0.0525. The minimum absolute atomic E-state index is 0.0000382. The average molecular weight is 413 g/mol. The van der Waals surface area contributed by atoms with Crippen LogP contribution in [0.5, 0.6) is 0 Å². The van der Waals surface area contributed by atoms with Gasteiger partial charge in [0.2, 0.25) is 11.8 Å². The number of nitrogens with one attached hydrogen (secondary N) is 2. The quantitative estimate of drug-likeness (QED) is 0.501. The van der Waals surface area contributed by atoms with Gasteiger partial charge in [-0.3, -0.25) is 9.59 Å². The molecule has 2 aliphatic carbocycles. The van der Waals surface area contributed by atoms with Gasteiger partial charge in [0.1, 0.15) is 0 Å². The number of fused-ring (bicyclic) bond motifs is 1. The molecule has 0 aromatic rings. The number of carbonyl (C=O) groups excluding carboxylic acids is 2. The molecular formula is C22H40N2O5. The Bertz CT molecular complexity index is 557. The molecule has 0 radical (unpaired) electrons. The van der Waals surface area contributed by atoms with Crippen LogP contribution in [0.2, 0.25) is 0 Å². The van der Waals surface area contributed by atoms with Gasteiger partial charge in [0.15, 0.2) is 0 Å². The van der Waals surface area contributed by atoms with E-state index in [1.54, 1.807) is 14.2 Å². The summed E-state index contributed by atoms with van der Waals surface area (Å²) in [6.07, 6.45) is 3.57. The number of rotatable bonds is 9. The zero-order valence-electron chi connectivity index (χ0n) is 18.7. The molecule has 2 rings (SSSR count). The standard InChI is InChI=1S/C22H40N2O5/c1-14(21(27)23-11-13-29-5)16-6-9-22(3)10-7-17(15(2)19(22)20(16)26)24-18(25)8-12-28-4/h14-17,19-20,26H,6-13H2,1-5H3,(H,23,27)(H,24,25)/t14?,15-,16+,17+,19-,20+,22+/m1/s1. The number of hydrogen-bond donors (Lipinski definition) is 3. The van der Waals surface area contributed by atoms with E-state index in [4.69, 9.17) is 9.47 Å². The fourth-order valence-electron chi connectivity index (χ4n) is 5.60. The Morgan fingerprint density at radius 1 is 1.17 bits per heavy atom. The van der Waals surface area contributed by atoms with Crippen LogP contribution in [-0.2, 0) is 19.1 Å². The van der Waals surface area contributed by atoms with Gasteiger partial charge in [0, 0.05) is 39.1 Å². The van der Waals surface area contributed by atoms with Gasteiger partial charge in [-0.05, 0) is 48.9 Å². The van der Waals surface area contributed by atoms with Gasteiger partial charge in [-0.1, -0.05) is 20.8 Å². The fraction of sp³-hybridized carbons (Fsp3) is 0.909. The van der Waals surface area contributed by atoms with Gasteiger partial charge in [-0.25, -0.2) is 0 Å². The number of amides is 2. The van der Waals surface area contributed by atoms with Crippen molar-refractivity contribution >= 4 is 11.8 Å². The van der Waals surface area contributed by atoms with Crippen molar-refractivity contribution in [2.45, 2.75) is 65.0 Å². The lowest BCUT2D eigenvalue weighted by Crippen LogP contribution is -2.58. The van der Waals surface area contributed by atoms with Crippen LogP contribution in [0.4, 0.5) is 0 Å². The van der Waals surface area contributed by atoms with Crippen molar-refractivity contribution in [3.8, 4) is 0 Å². The first-order valence-corrected chi connectivity index (χ1v) is 11.0. The number of hydrogen-bond acceptors (Lipinski definition) is 5. The van der Waals surface area contributed by atoms with Gasteiger partial charge < -0.3 is 25.2 Å². The van der Waals surface area contributed by atoms with Crippen LogP contribution >= 0.6 is 0 Å². The Morgan fingerprint density at radius 2 is 1.83 bits per heavy atom. The summed E-state index contributed by atoms with van der Waals surface area (Å²) in [6.45, 7) is 7.69. The highest BCUT2D eigenvalue weighted by Crippen LogP contribution is 2.55. The molecule has 2 aliphatic rings. The first kappa shape index (κ1) is 24.1. The Balaban J connectivity index is 2.05. The van der Waals surface area contributed by atoms with E-state index in [9.17, 15) is 14.7 Å². The van der Waals surface area contributed by atoms with Crippen molar-refractivity contribution in [3.05, 3.63) is 0 Å². The molecule has 29 heavy (non-hydrogen) atoms. The number of methoxy groups -OCH3 is 2. The van der Waals surface area contributed by atoms with E-state index in [0.29, 0.717) is 26.2 Å². The number of aliphatic hydroxyl groups is 1. The molecule has 1 unspecified atom stereocenters. The molecule has 0 saturated heterocycles. The van der Waals surface area contributed by atoms with Crippen LogP contribution in [0, 0.1) is 29.1 Å². The first-order chi connectivity index (χ1) is 13.7. The molecule has 0 aromatic carbocycles. The second kappa shape index (κ2) is 10.7. The molecule has 2 amide bonds. The van der Waals surface area contributed by atoms with Gasteiger partial charge in [-0.15, -0.1) is 0 Å². The predicted octanol–water partition coefficient (Wildman–Crippen LogP) is 1.73. The highest BCUT2D eigenvalue weighted by atomic mass is 16.5. The summed E-state index contributed by atoms with van der Waals surface area (Å²) in [5.74, 6) is -0.127.